The molecule has 0 saturated heterocycles. The maximum absolute atomic E-state index is 5.64. The summed E-state index contributed by atoms with van der Waals surface area (Å²) < 4.78 is 0. The van der Waals surface area contributed by atoms with Crippen molar-refractivity contribution < 1.29 is 0 Å². The lowest BCUT2D eigenvalue weighted by Gasteiger charge is -2.20. The fourth-order valence-corrected chi connectivity index (χ4v) is 1.53. The molecule has 16 heavy (non-hydrogen) atoms. The molecule has 3 N–H and O–H groups in total. The zero-order valence-corrected chi connectivity index (χ0v) is 9.95. The third-order valence-corrected chi connectivity index (χ3v) is 2.57. The van der Waals surface area contributed by atoms with E-state index in [1.54, 1.807) is 0 Å². The van der Waals surface area contributed by atoms with Gasteiger partial charge in [0.05, 0.1) is 0 Å². The van der Waals surface area contributed by atoms with Gasteiger partial charge >= 0.3 is 0 Å². The molecule has 0 heterocycles. The molecule has 0 atom stereocenters. The molecule has 1 rings (SSSR count). The van der Waals surface area contributed by atoms with Gasteiger partial charge in [0, 0.05) is 18.8 Å². The molecule has 0 fully saturated rings. The predicted molar refractivity (Wildman–Crippen MR) is 70.0 cm³/mol. The lowest BCUT2D eigenvalue weighted by Crippen LogP contribution is -2.37. The molecule has 0 radical (unpaired) electrons. The summed E-state index contributed by atoms with van der Waals surface area (Å²) >= 11 is 0. The number of hydrogen-bond donors (Lipinski definition) is 2. The molecular formula is C13H21N3. The highest BCUT2D eigenvalue weighted by Gasteiger charge is 2.01. The lowest BCUT2D eigenvalue weighted by molar-refractivity contribution is 0.214. The fourth-order valence-electron chi connectivity index (χ4n) is 1.53. The SMILES string of the molecule is C=CCCN(CCc1ccc(N)cc1)NC. The Morgan fingerprint density at radius 3 is 2.56 bits per heavy atom. The average molecular weight is 219 g/mol. The van der Waals surface area contributed by atoms with Crippen molar-refractivity contribution in [3.05, 3.63) is 42.5 Å². The number of nitrogen functional groups attached to an aromatic ring is 1. The van der Waals surface area contributed by atoms with E-state index >= 15 is 0 Å². The second-order valence-corrected chi connectivity index (χ2v) is 3.78. The van der Waals surface area contributed by atoms with Gasteiger partial charge < -0.3 is 5.73 Å². The smallest absolute Gasteiger partial charge is 0.0314 e. The van der Waals surface area contributed by atoms with E-state index in [2.05, 4.69) is 29.1 Å². The third kappa shape index (κ3) is 4.47. The lowest BCUT2D eigenvalue weighted by atomic mass is 10.1. The number of anilines is 1. The Morgan fingerprint density at radius 2 is 2.00 bits per heavy atom. The number of rotatable bonds is 7. The van der Waals surface area contributed by atoms with Crippen LogP contribution in [0.1, 0.15) is 12.0 Å². The van der Waals surface area contributed by atoms with Crippen LogP contribution in [0.4, 0.5) is 5.69 Å². The zero-order chi connectivity index (χ0) is 11.8. The van der Waals surface area contributed by atoms with Gasteiger partial charge in [-0.25, -0.2) is 5.01 Å². The number of nitrogens with zero attached hydrogens (tertiary/aromatic N) is 1. The Morgan fingerprint density at radius 1 is 1.31 bits per heavy atom. The van der Waals surface area contributed by atoms with Crippen LogP contribution in [0, 0.1) is 0 Å². The Hall–Kier alpha value is -1.32. The molecule has 0 spiro atoms. The third-order valence-electron chi connectivity index (χ3n) is 2.57. The fraction of sp³-hybridized carbons (Fsp3) is 0.385. The minimum atomic E-state index is 0.820. The summed E-state index contributed by atoms with van der Waals surface area (Å²) in [4.78, 5) is 0. The average Bonchev–Trinajstić information content (AvgIpc) is 2.32. The van der Waals surface area contributed by atoms with Crippen LogP contribution < -0.4 is 11.2 Å². The van der Waals surface area contributed by atoms with Gasteiger partial charge in [-0.2, -0.15) is 0 Å². The predicted octanol–water partition coefficient (Wildman–Crippen LogP) is 1.82. The van der Waals surface area contributed by atoms with Gasteiger partial charge in [-0.15, -0.1) is 6.58 Å². The van der Waals surface area contributed by atoms with E-state index in [9.17, 15) is 0 Å². The van der Waals surface area contributed by atoms with Crippen molar-refractivity contribution >= 4 is 5.69 Å². The van der Waals surface area contributed by atoms with Gasteiger partial charge in [0.1, 0.15) is 0 Å². The van der Waals surface area contributed by atoms with E-state index in [0.717, 1.165) is 31.6 Å². The van der Waals surface area contributed by atoms with Gasteiger partial charge in [-0.1, -0.05) is 18.2 Å². The maximum Gasteiger partial charge on any atom is 0.0314 e. The first-order valence-corrected chi connectivity index (χ1v) is 5.64. The molecule has 0 aliphatic rings. The summed E-state index contributed by atoms with van der Waals surface area (Å²) in [6, 6.07) is 8.05. The van der Waals surface area contributed by atoms with E-state index in [1.165, 1.54) is 5.56 Å². The van der Waals surface area contributed by atoms with Gasteiger partial charge in [-0.05, 0) is 37.6 Å². The standard InChI is InChI=1S/C13H21N3/c1-3-4-10-16(15-2)11-9-12-5-7-13(14)8-6-12/h3,5-8,15H,1,4,9-11,14H2,2H3. The van der Waals surface area contributed by atoms with Crippen LogP contribution in [0.15, 0.2) is 36.9 Å². The summed E-state index contributed by atoms with van der Waals surface area (Å²) in [7, 11) is 1.95. The van der Waals surface area contributed by atoms with E-state index in [4.69, 9.17) is 5.73 Å². The molecule has 0 unspecified atom stereocenters. The van der Waals surface area contributed by atoms with E-state index in [0.29, 0.717) is 0 Å². The Kier molecular flexibility index (Phi) is 5.61. The van der Waals surface area contributed by atoms with Gasteiger partial charge in [0.2, 0.25) is 0 Å². The topological polar surface area (TPSA) is 41.3 Å². The summed E-state index contributed by atoms with van der Waals surface area (Å²) in [6.45, 7) is 5.72. The molecule has 1 aromatic carbocycles. The van der Waals surface area contributed by atoms with Crippen LogP contribution in [-0.2, 0) is 6.42 Å². The van der Waals surface area contributed by atoms with Crippen LogP contribution in [0.25, 0.3) is 0 Å². The number of nitrogens with one attached hydrogen (secondary N) is 1. The minimum Gasteiger partial charge on any atom is -0.399 e. The maximum atomic E-state index is 5.64. The van der Waals surface area contributed by atoms with Gasteiger partial charge in [0.15, 0.2) is 0 Å². The van der Waals surface area contributed by atoms with Crippen LogP contribution in [0.2, 0.25) is 0 Å². The molecule has 3 nitrogen and oxygen atoms in total. The minimum absolute atomic E-state index is 0.820. The van der Waals surface area contributed by atoms with Crippen molar-refractivity contribution in [2.45, 2.75) is 12.8 Å². The number of hydrazine groups is 1. The second kappa shape index (κ2) is 7.04. The molecule has 88 valence electrons. The Balaban J connectivity index is 2.36. The van der Waals surface area contributed by atoms with Crippen LogP contribution in [0.5, 0.6) is 0 Å². The first-order chi connectivity index (χ1) is 7.76. The largest absolute Gasteiger partial charge is 0.399 e. The summed E-state index contributed by atoms with van der Waals surface area (Å²) in [5.74, 6) is 0. The molecule has 0 saturated carbocycles. The first-order valence-electron chi connectivity index (χ1n) is 5.64. The summed E-state index contributed by atoms with van der Waals surface area (Å²) in [5.41, 5.74) is 11.0. The highest BCUT2D eigenvalue weighted by molar-refractivity contribution is 5.39. The number of hydrogen-bond acceptors (Lipinski definition) is 3. The molecule has 0 aliphatic carbocycles. The number of nitrogens with two attached hydrogens (primary N) is 1. The Labute approximate surface area is 97.9 Å². The highest BCUT2D eigenvalue weighted by Crippen LogP contribution is 2.06. The molecule has 0 aliphatic heterocycles. The molecule has 0 bridgehead atoms. The quantitative estimate of drug-likeness (QED) is 0.417. The molecule has 1 aromatic rings. The molecule has 0 aromatic heterocycles. The normalized spacial score (nSPS) is 10.6. The zero-order valence-electron chi connectivity index (χ0n) is 9.95. The first kappa shape index (κ1) is 12.7. The summed E-state index contributed by atoms with van der Waals surface area (Å²) in [5, 5.41) is 2.19. The monoisotopic (exact) mass is 219 g/mol. The van der Waals surface area contributed by atoms with E-state index in [1.807, 2.05) is 25.3 Å². The van der Waals surface area contributed by atoms with Crippen LogP contribution in [-0.4, -0.2) is 25.1 Å². The van der Waals surface area contributed by atoms with Crippen molar-refractivity contribution in [3.63, 3.8) is 0 Å². The molecule has 3 heteroatoms. The van der Waals surface area contributed by atoms with Crippen molar-refractivity contribution in [2.24, 2.45) is 0 Å². The van der Waals surface area contributed by atoms with Crippen molar-refractivity contribution in [1.29, 1.82) is 0 Å². The second-order valence-electron chi connectivity index (χ2n) is 3.78. The van der Waals surface area contributed by atoms with Crippen molar-refractivity contribution in [3.8, 4) is 0 Å². The van der Waals surface area contributed by atoms with Crippen LogP contribution in [0.3, 0.4) is 0 Å². The van der Waals surface area contributed by atoms with Crippen molar-refractivity contribution in [1.82, 2.24) is 10.4 Å². The van der Waals surface area contributed by atoms with E-state index < -0.39 is 0 Å². The van der Waals surface area contributed by atoms with Crippen LogP contribution >= 0.6 is 0 Å². The molecular weight excluding hydrogens is 198 g/mol. The van der Waals surface area contributed by atoms with Gasteiger partial charge in [0.25, 0.3) is 0 Å². The Bertz CT molecular complexity index is 305. The van der Waals surface area contributed by atoms with Gasteiger partial charge in [-0.3, -0.25) is 5.43 Å². The number of benzene rings is 1. The molecule has 0 amide bonds. The van der Waals surface area contributed by atoms with Crippen molar-refractivity contribution in [2.75, 3.05) is 25.9 Å². The summed E-state index contributed by atoms with van der Waals surface area (Å²) in [6.07, 6.45) is 3.97. The van der Waals surface area contributed by atoms with E-state index in [-0.39, 0.29) is 0 Å². The highest BCUT2D eigenvalue weighted by atomic mass is 15.5.